The molecule has 2 N–H and O–H groups in total. The van der Waals surface area contributed by atoms with Gasteiger partial charge >= 0.3 is 0 Å². The van der Waals surface area contributed by atoms with Crippen LogP contribution in [-0.2, 0) is 10.8 Å². The van der Waals surface area contributed by atoms with Gasteiger partial charge in [-0.25, -0.2) is 0 Å². The third kappa shape index (κ3) is 4.53. The molecule has 0 saturated carbocycles. The van der Waals surface area contributed by atoms with E-state index in [0.29, 0.717) is 6.04 Å². The molecule has 0 radical (unpaired) electrons. The van der Waals surface area contributed by atoms with Gasteiger partial charge in [0.25, 0.3) is 0 Å². The molecule has 1 saturated heterocycles. The average Bonchev–Trinajstić information content (AvgIpc) is 2.21. The second kappa shape index (κ2) is 6.53. The van der Waals surface area contributed by atoms with Crippen LogP contribution in [0.1, 0.15) is 32.6 Å². The smallest absolute Gasteiger partial charge is 0.0549 e. The Morgan fingerprint density at radius 1 is 1.50 bits per heavy atom. The molecule has 1 unspecified atom stereocenters. The van der Waals surface area contributed by atoms with Crippen LogP contribution in [0.2, 0.25) is 0 Å². The Morgan fingerprint density at radius 2 is 2.14 bits per heavy atom. The molecule has 0 aromatic carbocycles. The van der Waals surface area contributed by atoms with E-state index >= 15 is 0 Å². The topological polar surface area (TPSA) is 49.3 Å². The third-order valence-corrected chi connectivity index (χ3v) is 4.15. The molecule has 1 rings (SSSR count). The van der Waals surface area contributed by atoms with E-state index in [1.54, 1.807) is 0 Å². The van der Waals surface area contributed by atoms with Gasteiger partial charge in [-0.3, -0.25) is 4.21 Å². The lowest BCUT2D eigenvalue weighted by Crippen LogP contribution is -2.37. The molecule has 3 nitrogen and oxygen atoms in total. The van der Waals surface area contributed by atoms with Crippen LogP contribution in [0.4, 0.5) is 0 Å². The van der Waals surface area contributed by atoms with Crippen LogP contribution in [-0.4, -0.2) is 39.5 Å². The van der Waals surface area contributed by atoms with Crippen LogP contribution < -0.4 is 5.32 Å². The molecule has 0 aliphatic carbocycles. The third-order valence-electron chi connectivity index (χ3n) is 2.77. The van der Waals surface area contributed by atoms with Gasteiger partial charge in [0.1, 0.15) is 0 Å². The first-order valence-electron chi connectivity index (χ1n) is 5.48. The van der Waals surface area contributed by atoms with E-state index in [9.17, 15) is 9.32 Å². The lowest BCUT2D eigenvalue weighted by molar-refractivity contribution is 0.158. The maximum Gasteiger partial charge on any atom is 0.0549 e. The first kappa shape index (κ1) is 12.1. The molecule has 1 aliphatic rings. The van der Waals surface area contributed by atoms with E-state index in [1.807, 2.05) is 6.92 Å². The fraction of sp³-hybridized carbons (Fsp3) is 1.00. The van der Waals surface area contributed by atoms with Gasteiger partial charge < -0.3 is 10.4 Å². The predicted molar refractivity (Wildman–Crippen MR) is 59.8 cm³/mol. The number of hydrogen-bond donors (Lipinski definition) is 2. The standard InChI is InChI=1S/C10H21NO2S/c1-2-10(12)3-6-11-9-4-7-14(13)8-5-9/h9-12H,2-8H2,1H3. The fourth-order valence-electron chi connectivity index (χ4n) is 1.66. The Labute approximate surface area is 88.7 Å². The van der Waals surface area contributed by atoms with Gasteiger partial charge in [0, 0.05) is 28.3 Å². The Kier molecular flexibility index (Phi) is 5.67. The second-order valence-corrected chi connectivity index (χ2v) is 5.62. The van der Waals surface area contributed by atoms with E-state index < -0.39 is 10.8 Å². The Bertz CT molecular complexity index is 177. The minimum atomic E-state index is -0.566. The van der Waals surface area contributed by atoms with Crippen LogP contribution in [0.15, 0.2) is 0 Å². The SMILES string of the molecule is CCC(O)CCNC1CCS(=O)CC1. The summed E-state index contributed by atoms with van der Waals surface area (Å²) in [5.74, 6) is 1.68. The number of hydrogen-bond acceptors (Lipinski definition) is 3. The van der Waals surface area contributed by atoms with Crippen molar-refractivity contribution in [1.29, 1.82) is 0 Å². The highest BCUT2D eigenvalue weighted by atomic mass is 32.2. The van der Waals surface area contributed by atoms with Crippen molar-refractivity contribution in [2.24, 2.45) is 0 Å². The lowest BCUT2D eigenvalue weighted by Gasteiger charge is -2.23. The monoisotopic (exact) mass is 219 g/mol. The molecule has 0 aromatic heterocycles. The van der Waals surface area contributed by atoms with Crippen molar-refractivity contribution in [3.05, 3.63) is 0 Å². The van der Waals surface area contributed by atoms with Crippen molar-refractivity contribution in [3.8, 4) is 0 Å². The van der Waals surface area contributed by atoms with Gasteiger partial charge in [-0.05, 0) is 32.2 Å². The molecular weight excluding hydrogens is 198 g/mol. The van der Waals surface area contributed by atoms with Gasteiger partial charge in [-0.1, -0.05) is 6.92 Å². The zero-order valence-electron chi connectivity index (χ0n) is 8.87. The van der Waals surface area contributed by atoms with Gasteiger partial charge in [-0.15, -0.1) is 0 Å². The fourth-order valence-corrected chi connectivity index (χ4v) is 2.96. The predicted octanol–water partition coefficient (Wildman–Crippen LogP) is 0.648. The maximum atomic E-state index is 11.1. The molecule has 0 aromatic rings. The normalized spacial score (nSPS) is 30.1. The van der Waals surface area contributed by atoms with Crippen LogP contribution in [0.5, 0.6) is 0 Å². The number of aliphatic hydroxyl groups is 1. The highest BCUT2D eigenvalue weighted by Gasteiger charge is 2.16. The van der Waals surface area contributed by atoms with Crippen LogP contribution in [0, 0.1) is 0 Å². The summed E-state index contributed by atoms with van der Waals surface area (Å²) in [6.07, 6.45) is 3.54. The molecular formula is C10H21NO2S. The molecule has 84 valence electrons. The van der Waals surface area contributed by atoms with Crippen molar-refractivity contribution in [2.45, 2.75) is 44.8 Å². The maximum absolute atomic E-state index is 11.1. The van der Waals surface area contributed by atoms with Gasteiger partial charge in [0.15, 0.2) is 0 Å². The first-order chi connectivity index (χ1) is 6.72. The van der Waals surface area contributed by atoms with E-state index in [4.69, 9.17) is 0 Å². The highest BCUT2D eigenvalue weighted by Crippen LogP contribution is 2.09. The van der Waals surface area contributed by atoms with E-state index in [-0.39, 0.29) is 6.10 Å². The van der Waals surface area contributed by atoms with E-state index in [1.165, 1.54) is 0 Å². The molecule has 0 bridgehead atoms. The Morgan fingerprint density at radius 3 is 2.71 bits per heavy atom. The highest BCUT2D eigenvalue weighted by molar-refractivity contribution is 7.85. The summed E-state index contributed by atoms with van der Waals surface area (Å²) in [5.41, 5.74) is 0. The molecule has 4 heteroatoms. The minimum Gasteiger partial charge on any atom is -0.393 e. The molecule has 1 fully saturated rings. The van der Waals surface area contributed by atoms with Crippen molar-refractivity contribution in [3.63, 3.8) is 0 Å². The molecule has 1 aliphatic heterocycles. The number of rotatable bonds is 5. The summed E-state index contributed by atoms with van der Waals surface area (Å²) in [6, 6.07) is 0.525. The quantitative estimate of drug-likeness (QED) is 0.714. The van der Waals surface area contributed by atoms with Crippen LogP contribution in [0.3, 0.4) is 0 Å². The Balaban J connectivity index is 2.04. The largest absolute Gasteiger partial charge is 0.393 e. The summed E-state index contributed by atoms with van der Waals surface area (Å²) in [6.45, 7) is 2.88. The zero-order valence-corrected chi connectivity index (χ0v) is 9.68. The van der Waals surface area contributed by atoms with Crippen LogP contribution >= 0.6 is 0 Å². The summed E-state index contributed by atoms with van der Waals surface area (Å²) < 4.78 is 11.1. The lowest BCUT2D eigenvalue weighted by atomic mass is 10.1. The van der Waals surface area contributed by atoms with Gasteiger partial charge in [0.2, 0.25) is 0 Å². The summed E-state index contributed by atoms with van der Waals surface area (Å²) in [7, 11) is -0.566. The average molecular weight is 219 g/mol. The van der Waals surface area contributed by atoms with Crippen molar-refractivity contribution < 1.29 is 9.32 Å². The first-order valence-corrected chi connectivity index (χ1v) is 6.97. The summed E-state index contributed by atoms with van der Waals surface area (Å²) in [4.78, 5) is 0. The summed E-state index contributed by atoms with van der Waals surface area (Å²) >= 11 is 0. The number of nitrogens with one attached hydrogen (secondary N) is 1. The molecule has 1 heterocycles. The van der Waals surface area contributed by atoms with Crippen molar-refractivity contribution >= 4 is 10.8 Å². The van der Waals surface area contributed by atoms with E-state index in [0.717, 1.165) is 43.7 Å². The minimum absolute atomic E-state index is 0.166. The van der Waals surface area contributed by atoms with Crippen LogP contribution in [0.25, 0.3) is 0 Å². The van der Waals surface area contributed by atoms with Crippen molar-refractivity contribution in [1.82, 2.24) is 5.32 Å². The molecule has 0 amide bonds. The molecule has 1 atom stereocenters. The van der Waals surface area contributed by atoms with Gasteiger partial charge in [0.05, 0.1) is 6.10 Å². The molecule has 0 spiro atoms. The van der Waals surface area contributed by atoms with Crippen molar-refractivity contribution in [2.75, 3.05) is 18.1 Å². The summed E-state index contributed by atoms with van der Waals surface area (Å²) in [5, 5.41) is 12.8. The van der Waals surface area contributed by atoms with E-state index in [2.05, 4.69) is 5.32 Å². The van der Waals surface area contributed by atoms with Gasteiger partial charge in [-0.2, -0.15) is 0 Å². The second-order valence-electron chi connectivity index (χ2n) is 3.93. The molecule has 14 heavy (non-hydrogen) atoms. The Hall–Kier alpha value is 0.0700. The number of aliphatic hydroxyl groups excluding tert-OH is 1. The zero-order chi connectivity index (χ0) is 10.4.